The third-order valence-corrected chi connectivity index (χ3v) is 6.30. The van der Waals surface area contributed by atoms with Gasteiger partial charge in [0.2, 0.25) is 5.91 Å². The second-order valence-electron chi connectivity index (χ2n) is 8.73. The molecule has 5 rings (SSSR count). The van der Waals surface area contributed by atoms with E-state index in [0.29, 0.717) is 11.3 Å². The number of urea groups is 1. The van der Waals surface area contributed by atoms with Gasteiger partial charge in [-0.25, -0.2) is 4.79 Å². The second-order valence-corrected chi connectivity index (χ2v) is 8.73. The Bertz CT molecular complexity index is 1350. The first-order valence-corrected chi connectivity index (χ1v) is 11.5. The molecule has 0 bridgehead atoms. The summed E-state index contributed by atoms with van der Waals surface area (Å²) in [6, 6.07) is 27.1. The molecule has 1 aliphatic heterocycles. The van der Waals surface area contributed by atoms with E-state index in [1.165, 1.54) is 0 Å². The lowest BCUT2D eigenvalue weighted by atomic mass is 9.83. The topological polar surface area (TPSA) is 91.7 Å². The van der Waals surface area contributed by atoms with Gasteiger partial charge in [0.15, 0.2) is 5.54 Å². The van der Waals surface area contributed by atoms with E-state index in [1.807, 2.05) is 91.0 Å². The molecule has 2 atom stereocenters. The lowest BCUT2D eigenvalue weighted by Crippen LogP contribution is -2.47. The van der Waals surface area contributed by atoms with Crippen LogP contribution in [0, 0.1) is 0 Å². The Labute approximate surface area is 202 Å². The number of hydrogen-bond acceptors (Lipinski definition) is 4. The minimum Gasteiger partial charge on any atom is -0.459 e. The van der Waals surface area contributed by atoms with E-state index in [0.717, 1.165) is 21.4 Å². The minimum atomic E-state index is -1.29. The summed E-state index contributed by atoms with van der Waals surface area (Å²) >= 11 is 0. The number of nitrogens with zero attached hydrogens (tertiary/aromatic N) is 1. The number of benzene rings is 3. The van der Waals surface area contributed by atoms with Crippen molar-refractivity contribution in [2.75, 3.05) is 6.54 Å². The van der Waals surface area contributed by atoms with Crippen LogP contribution in [0.4, 0.5) is 4.79 Å². The number of nitrogens with one attached hydrogen (secondary N) is 2. The third kappa shape index (κ3) is 4.28. The molecule has 2 N–H and O–H groups in total. The zero-order valence-electron chi connectivity index (χ0n) is 19.2. The van der Waals surface area contributed by atoms with Crippen LogP contribution in [-0.2, 0) is 21.5 Å². The van der Waals surface area contributed by atoms with Crippen LogP contribution < -0.4 is 10.6 Å². The predicted molar refractivity (Wildman–Crippen MR) is 131 cm³/mol. The molecule has 1 aliphatic rings. The molecule has 4 aromatic rings. The summed E-state index contributed by atoms with van der Waals surface area (Å²) < 4.78 is 5.83. The van der Waals surface area contributed by atoms with Gasteiger partial charge >= 0.3 is 6.03 Å². The average molecular weight is 468 g/mol. The third-order valence-electron chi connectivity index (χ3n) is 6.30. The van der Waals surface area contributed by atoms with Gasteiger partial charge in [-0.1, -0.05) is 78.9 Å². The van der Waals surface area contributed by atoms with Crippen molar-refractivity contribution in [3.63, 3.8) is 0 Å². The predicted octanol–water partition coefficient (Wildman–Crippen LogP) is 4.30. The number of fused-ring (bicyclic) bond motifs is 1. The van der Waals surface area contributed by atoms with Crippen molar-refractivity contribution in [2.45, 2.75) is 24.9 Å². The monoisotopic (exact) mass is 467 g/mol. The summed E-state index contributed by atoms with van der Waals surface area (Å²) in [4.78, 5) is 40.5. The van der Waals surface area contributed by atoms with Crippen molar-refractivity contribution < 1.29 is 18.8 Å². The van der Waals surface area contributed by atoms with Gasteiger partial charge < -0.3 is 15.1 Å². The maximum absolute atomic E-state index is 13.7. The first-order chi connectivity index (χ1) is 17.0. The first-order valence-electron chi connectivity index (χ1n) is 11.5. The standard InChI is InChI=1S/C28H25N3O4/c1-19(24-16-21-12-8-9-15-23(21)35-24)29-25(32)18-31-26(33)28(30-27(31)34,22-13-6-3-7-14-22)17-20-10-4-2-5-11-20/h2-16,19H,17-18H2,1H3,(H,29,32)(H,30,34)/t19-,28-/m0/s1. The quantitative estimate of drug-likeness (QED) is 0.397. The van der Waals surface area contributed by atoms with Gasteiger partial charge in [0.05, 0.1) is 6.04 Å². The SMILES string of the molecule is C[C@H](NC(=O)CN1C(=O)N[C@@](Cc2ccccc2)(c2ccccc2)C1=O)c1cc2ccccc2o1. The number of amides is 4. The van der Waals surface area contributed by atoms with E-state index in [1.54, 1.807) is 6.92 Å². The van der Waals surface area contributed by atoms with Crippen LogP contribution in [0.15, 0.2) is 95.4 Å². The zero-order valence-corrected chi connectivity index (χ0v) is 19.2. The van der Waals surface area contributed by atoms with Crippen molar-refractivity contribution in [2.24, 2.45) is 0 Å². The summed E-state index contributed by atoms with van der Waals surface area (Å²) in [5, 5.41) is 6.65. The average Bonchev–Trinajstić information content (AvgIpc) is 3.41. The summed E-state index contributed by atoms with van der Waals surface area (Å²) in [7, 11) is 0. The number of hydrogen-bond donors (Lipinski definition) is 2. The molecule has 7 nitrogen and oxygen atoms in total. The molecule has 0 unspecified atom stereocenters. The highest BCUT2D eigenvalue weighted by Crippen LogP contribution is 2.33. The van der Waals surface area contributed by atoms with E-state index in [4.69, 9.17) is 4.42 Å². The number of para-hydroxylation sites is 1. The second kappa shape index (κ2) is 9.10. The Morgan fingerprint density at radius 1 is 0.971 bits per heavy atom. The highest BCUT2D eigenvalue weighted by atomic mass is 16.3. The Balaban J connectivity index is 1.35. The minimum absolute atomic E-state index is 0.274. The molecule has 0 saturated carbocycles. The largest absolute Gasteiger partial charge is 0.459 e. The van der Waals surface area contributed by atoms with Crippen LogP contribution in [0.25, 0.3) is 11.0 Å². The molecule has 0 spiro atoms. The highest BCUT2D eigenvalue weighted by molar-refractivity contribution is 6.09. The molecular weight excluding hydrogens is 442 g/mol. The van der Waals surface area contributed by atoms with E-state index in [2.05, 4.69) is 10.6 Å². The smallest absolute Gasteiger partial charge is 0.325 e. The van der Waals surface area contributed by atoms with Gasteiger partial charge in [0.1, 0.15) is 17.9 Å². The summed E-state index contributed by atoms with van der Waals surface area (Å²) in [5.41, 5.74) is 1.01. The van der Waals surface area contributed by atoms with Crippen molar-refractivity contribution >= 4 is 28.8 Å². The fourth-order valence-corrected chi connectivity index (χ4v) is 4.53. The molecule has 176 valence electrons. The first kappa shape index (κ1) is 22.4. The van der Waals surface area contributed by atoms with E-state index in [-0.39, 0.29) is 6.42 Å². The Morgan fingerprint density at radius 3 is 2.34 bits per heavy atom. The molecular formula is C28H25N3O4. The summed E-state index contributed by atoms with van der Waals surface area (Å²) in [5.74, 6) is -0.311. The molecule has 4 amide bonds. The molecule has 1 fully saturated rings. The fourth-order valence-electron chi connectivity index (χ4n) is 4.53. The molecule has 0 aliphatic carbocycles. The van der Waals surface area contributed by atoms with E-state index in [9.17, 15) is 14.4 Å². The van der Waals surface area contributed by atoms with Crippen LogP contribution >= 0.6 is 0 Å². The van der Waals surface area contributed by atoms with Crippen molar-refractivity contribution in [3.05, 3.63) is 108 Å². The number of carbonyl (C=O) groups is 3. The van der Waals surface area contributed by atoms with Crippen LogP contribution in [0.2, 0.25) is 0 Å². The molecule has 3 aromatic carbocycles. The summed E-state index contributed by atoms with van der Waals surface area (Å²) in [6.07, 6.45) is 0.274. The zero-order chi connectivity index (χ0) is 24.4. The number of carbonyl (C=O) groups excluding carboxylic acids is 3. The van der Waals surface area contributed by atoms with Gasteiger partial charge in [-0.15, -0.1) is 0 Å². The number of furan rings is 1. The fraction of sp³-hybridized carbons (Fsp3) is 0.179. The molecule has 1 saturated heterocycles. The van der Waals surface area contributed by atoms with Crippen LogP contribution in [-0.4, -0.2) is 29.3 Å². The molecule has 1 aromatic heterocycles. The van der Waals surface area contributed by atoms with Crippen LogP contribution in [0.5, 0.6) is 0 Å². The maximum atomic E-state index is 13.7. The molecule has 2 heterocycles. The number of imide groups is 1. The van der Waals surface area contributed by atoms with Crippen molar-refractivity contribution in [3.8, 4) is 0 Å². The van der Waals surface area contributed by atoms with Gasteiger partial charge in [-0.05, 0) is 30.2 Å². The Kier molecular flexibility index (Phi) is 5.82. The van der Waals surface area contributed by atoms with Gasteiger partial charge in [-0.2, -0.15) is 0 Å². The van der Waals surface area contributed by atoms with Gasteiger partial charge in [0, 0.05) is 11.8 Å². The lowest BCUT2D eigenvalue weighted by molar-refractivity contribution is -0.135. The number of rotatable bonds is 7. The van der Waals surface area contributed by atoms with Gasteiger partial charge in [0.25, 0.3) is 5.91 Å². The summed E-state index contributed by atoms with van der Waals surface area (Å²) in [6.45, 7) is 1.41. The van der Waals surface area contributed by atoms with E-state index >= 15 is 0 Å². The lowest BCUT2D eigenvalue weighted by Gasteiger charge is -2.27. The van der Waals surface area contributed by atoms with Gasteiger partial charge in [-0.3, -0.25) is 14.5 Å². The molecule has 35 heavy (non-hydrogen) atoms. The van der Waals surface area contributed by atoms with Crippen molar-refractivity contribution in [1.29, 1.82) is 0 Å². The van der Waals surface area contributed by atoms with Crippen LogP contribution in [0.3, 0.4) is 0 Å². The molecule has 0 radical (unpaired) electrons. The Morgan fingerprint density at radius 2 is 1.63 bits per heavy atom. The Hall–Kier alpha value is -4.39. The highest BCUT2D eigenvalue weighted by Gasteiger charge is 2.52. The van der Waals surface area contributed by atoms with Crippen molar-refractivity contribution in [1.82, 2.24) is 15.5 Å². The maximum Gasteiger partial charge on any atom is 0.325 e. The van der Waals surface area contributed by atoms with Crippen LogP contribution in [0.1, 0.15) is 29.9 Å². The molecule has 7 heteroatoms. The van der Waals surface area contributed by atoms with E-state index < -0.39 is 36.0 Å². The normalized spacial score (nSPS) is 18.5.